The lowest BCUT2D eigenvalue weighted by Gasteiger charge is -2.26. The number of carbonyl (C=O) groups is 1. The molecule has 3 rings (SSSR count). The predicted octanol–water partition coefficient (Wildman–Crippen LogP) is 4.05. The molecule has 24 heavy (non-hydrogen) atoms. The molecule has 1 aromatic heterocycles. The van der Waals surface area contributed by atoms with Gasteiger partial charge in [0.05, 0.1) is 17.5 Å². The maximum atomic E-state index is 12.7. The maximum Gasteiger partial charge on any atom is 0.416 e. The minimum Gasteiger partial charge on any atom is -0.478 e. The fourth-order valence-corrected chi connectivity index (χ4v) is 2.99. The number of carboxylic acids is 1. The second-order valence-corrected chi connectivity index (χ2v) is 5.90. The van der Waals surface area contributed by atoms with Crippen LogP contribution in [0.2, 0.25) is 0 Å². The van der Waals surface area contributed by atoms with Gasteiger partial charge in [-0.25, -0.2) is 9.48 Å². The van der Waals surface area contributed by atoms with Crippen LogP contribution in [0.5, 0.6) is 0 Å². The molecular formula is C17H15F3N2O2. The summed E-state index contributed by atoms with van der Waals surface area (Å²) in [5.41, 5.74) is 0.735. The highest BCUT2D eigenvalue weighted by molar-refractivity contribution is 5.89. The number of hydrogen-bond acceptors (Lipinski definition) is 2. The number of rotatable bonds is 3. The summed E-state index contributed by atoms with van der Waals surface area (Å²) >= 11 is 0. The molecule has 1 N–H and O–H groups in total. The van der Waals surface area contributed by atoms with E-state index >= 15 is 0 Å². The number of benzene rings is 1. The second kappa shape index (κ2) is 5.81. The molecule has 0 fully saturated rings. The third-order valence-corrected chi connectivity index (χ3v) is 4.32. The van der Waals surface area contributed by atoms with E-state index in [2.05, 4.69) is 5.10 Å². The first kappa shape index (κ1) is 16.3. The number of fused-ring (bicyclic) bond motifs is 1. The number of aromatic carboxylic acids is 1. The normalized spacial score (nSPS) is 20.0. The number of halogens is 3. The molecule has 0 spiro atoms. The highest BCUT2D eigenvalue weighted by atomic mass is 19.4. The predicted molar refractivity (Wildman–Crippen MR) is 81.6 cm³/mol. The van der Waals surface area contributed by atoms with Gasteiger partial charge in [0.2, 0.25) is 0 Å². The molecule has 4 nitrogen and oxygen atoms in total. The third kappa shape index (κ3) is 2.93. The average Bonchev–Trinajstić information content (AvgIpc) is 2.94. The standard InChI is InChI=1S/C17H15F3N2O2/c1-10-6-7-22-15(14(9-21-22)16(23)24)13(10)8-11-2-4-12(5-3-11)17(18,19)20/h2-7,9-10,13H,8H2,1H3,(H,23,24). The van der Waals surface area contributed by atoms with Crippen molar-refractivity contribution < 1.29 is 23.1 Å². The lowest BCUT2D eigenvalue weighted by atomic mass is 9.82. The van der Waals surface area contributed by atoms with E-state index in [1.54, 1.807) is 6.20 Å². The summed E-state index contributed by atoms with van der Waals surface area (Å²) in [5, 5.41) is 13.4. The summed E-state index contributed by atoms with van der Waals surface area (Å²) in [7, 11) is 0. The van der Waals surface area contributed by atoms with Crippen LogP contribution in [0.25, 0.3) is 6.20 Å². The Balaban J connectivity index is 1.92. The number of allylic oxidation sites excluding steroid dienone is 1. The van der Waals surface area contributed by atoms with Crippen LogP contribution in [-0.2, 0) is 12.6 Å². The first-order valence-corrected chi connectivity index (χ1v) is 7.42. The van der Waals surface area contributed by atoms with Crippen LogP contribution in [0, 0.1) is 5.92 Å². The number of hydrogen-bond donors (Lipinski definition) is 1. The summed E-state index contributed by atoms with van der Waals surface area (Å²) in [4.78, 5) is 11.4. The fourth-order valence-electron chi connectivity index (χ4n) is 2.99. The van der Waals surface area contributed by atoms with Crippen LogP contribution in [0.3, 0.4) is 0 Å². The van der Waals surface area contributed by atoms with Crippen LogP contribution in [-0.4, -0.2) is 20.9 Å². The SMILES string of the molecule is CC1C=Cn2ncc(C(=O)O)c2C1Cc1ccc(C(F)(F)F)cc1. The largest absolute Gasteiger partial charge is 0.478 e. The zero-order chi connectivity index (χ0) is 17.5. The van der Waals surface area contributed by atoms with Gasteiger partial charge in [0, 0.05) is 12.1 Å². The Hall–Kier alpha value is -2.57. The van der Waals surface area contributed by atoms with Gasteiger partial charge in [-0.2, -0.15) is 18.3 Å². The van der Waals surface area contributed by atoms with Gasteiger partial charge in [-0.15, -0.1) is 0 Å². The molecule has 1 aliphatic rings. The smallest absolute Gasteiger partial charge is 0.416 e. The summed E-state index contributed by atoms with van der Waals surface area (Å²) in [6.07, 6.45) is 1.01. The van der Waals surface area contributed by atoms with Crippen molar-refractivity contribution in [2.45, 2.75) is 25.4 Å². The number of alkyl halides is 3. The Morgan fingerprint density at radius 1 is 1.29 bits per heavy atom. The van der Waals surface area contributed by atoms with Crippen LogP contribution >= 0.6 is 0 Å². The number of carboxylic acid groups (broad SMARTS) is 1. The fraction of sp³-hybridized carbons (Fsp3) is 0.294. The summed E-state index contributed by atoms with van der Waals surface area (Å²) < 4.78 is 39.5. The van der Waals surface area contributed by atoms with E-state index in [1.165, 1.54) is 23.0 Å². The quantitative estimate of drug-likeness (QED) is 0.920. The van der Waals surface area contributed by atoms with E-state index in [1.807, 2.05) is 13.0 Å². The Morgan fingerprint density at radius 3 is 2.54 bits per heavy atom. The molecule has 2 heterocycles. The Kier molecular flexibility index (Phi) is 3.95. The highest BCUT2D eigenvalue weighted by Crippen LogP contribution is 2.36. The Bertz CT molecular complexity index is 791. The van der Waals surface area contributed by atoms with Gasteiger partial charge in [0.1, 0.15) is 5.56 Å². The average molecular weight is 336 g/mol. The van der Waals surface area contributed by atoms with Crippen molar-refractivity contribution in [3.8, 4) is 0 Å². The van der Waals surface area contributed by atoms with E-state index in [0.717, 1.165) is 17.7 Å². The van der Waals surface area contributed by atoms with Crippen molar-refractivity contribution in [2.75, 3.05) is 0 Å². The van der Waals surface area contributed by atoms with Crippen LogP contribution in [0.1, 0.15) is 40.0 Å². The van der Waals surface area contributed by atoms with E-state index in [-0.39, 0.29) is 17.4 Å². The lowest BCUT2D eigenvalue weighted by molar-refractivity contribution is -0.137. The molecule has 1 aromatic carbocycles. The van der Waals surface area contributed by atoms with E-state index < -0.39 is 17.7 Å². The summed E-state index contributed by atoms with van der Waals surface area (Å²) in [6.45, 7) is 1.95. The molecular weight excluding hydrogens is 321 g/mol. The van der Waals surface area contributed by atoms with Crippen molar-refractivity contribution >= 4 is 12.2 Å². The number of aromatic nitrogens is 2. The van der Waals surface area contributed by atoms with Gasteiger partial charge in [0.15, 0.2) is 0 Å². The molecule has 126 valence electrons. The molecule has 0 saturated carbocycles. The second-order valence-electron chi connectivity index (χ2n) is 5.90. The maximum absolute atomic E-state index is 12.7. The summed E-state index contributed by atoms with van der Waals surface area (Å²) in [5.74, 6) is -1.17. The van der Waals surface area contributed by atoms with Gasteiger partial charge >= 0.3 is 12.1 Å². The van der Waals surface area contributed by atoms with Gasteiger partial charge in [-0.3, -0.25) is 0 Å². The lowest BCUT2D eigenvalue weighted by Crippen LogP contribution is -2.21. The van der Waals surface area contributed by atoms with Crippen LogP contribution in [0.15, 0.2) is 36.5 Å². The molecule has 2 unspecified atom stereocenters. The van der Waals surface area contributed by atoms with E-state index in [9.17, 15) is 23.1 Å². The van der Waals surface area contributed by atoms with Gasteiger partial charge < -0.3 is 5.11 Å². The van der Waals surface area contributed by atoms with Crippen molar-refractivity contribution in [3.05, 3.63) is 58.9 Å². The van der Waals surface area contributed by atoms with Crippen LogP contribution < -0.4 is 0 Å². The first-order valence-electron chi connectivity index (χ1n) is 7.42. The highest BCUT2D eigenvalue weighted by Gasteiger charge is 2.32. The molecule has 0 aliphatic carbocycles. The van der Waals surface area contributed by atoms with Crippen molar-refractivity contribution in [1.29, 1.82) is 0 Å². The van der Waals surface area contributed by atoms with Crippen molar-refractivity contribution in [2.24, 2.45) is 5.92 Å². The Labute approximate surface area is 136 Å². The van der Waals surface area contributed by atoms with E-state index in [0.29, 0.717) is 12.1 Å². The van der Waals surface area contributed by atoms with E-state index in [4.69, 9.17) is 0 Å². The van der Waals surface area contributed by atoms with Gasteiger partial charge in [0.25, 0.3) is 0 Å². The van der Waals surface area contributed by atoms with Crippen molar-refractivity contribution in [3.63, 3.8) is 0 Å². The zero-order valence-electron chi connectivity index (χ0n) is 12.8. The molecule has 1 aliphatic heterocycles. The topological polar surface area (TPSA) is 55.1 Å². The third-order valence-electron chi connectivity index (χ3n) is 4.32. The molecule has 7 heteroatoms. The molecule has 2 atom stereocenters. The zero-order valence-corrected chi connectivity index (χ0v) is 12.8. The van der Waals surface area contributed by atoms with Crippen molar-refractivity contribution in [1.82, 2.24) is 9.78 Å². The molecule has 0 radical (unpaired) electrons. The van der Waals surface area contributed by atoms with Gasteiger partial charge in [-0.1, -0.05) is 25.1 Å². The van der Waals surface area contributed by atoms with Gasteiger partial charge in [-0.05, 0) is 30.0 Å². The van der Waals surface area contributed by atoms with Crippen LogP contribution in [0.4, 0.5) is 13.2 Å². The number of nitrogens with zero attached hydrogens (tertiary/aromatic N) is 2. The molecule has 0 saturated heterocycles. The first-order chi connectivity index (χ1) is 11.3. The molecule has 2 aromatic rings. The molecule has 0 amide bonds. The summed E-state index contributed by atoms with van der Waals surface area (Å²) in [6, 6.07) is 4.98. The Morgan fingerprint density at radius 2 is 1.96 bits per heavy atom. The minimum absolute atomic E-state index is 0.0505. The molecule has 0 bridgehead atoms. The minimum atomic E-state index is -4.37. The monoisotopic (exact) mass is 336 g/mol.